The van der Waals surface area contributed by atoms with E-state index in [-0.39, 0.29) is 33.9 Å². The smallest absolute Gasteiger partial charge is 0.272 e. The maximum absolute atomic E-state index is 14.6. The summed E-state index contributed by atoms with van der Waals surface area (Å²) in [4.78, 5) is 12.3. The summed E-state index contributed by atoms with van der Waals surface area (Å²) in [7, 11) is -3.62. The lowest BCUT2D eigenvalue weighted by Crippen LogP contribution is -2.16. The second kappa shape index (κ2) is 9.53. The van der Waals surface area contributed by atoms with Gasteiger partial charge in [0.05, 0.1) is 23.1 Å². The Morgan fingerprint density at radius 1 is 1.06 bits per heavy atom. The number of hydrogen-bond donors (Lipinski definition) is 2. The first kappa shape index (κ1) is 25.0. The average Bonchev–Trinajstić information content (AvgIpc) is 3.15. The highest BCUT2D eigenvalue weighted by atomic mass is 32.2. The van der Waals surface area contributed by atoms with E-state index in [0.29, 0.717) is 17.0 Å². The lowest BCUT2D eigenvalue weighted by atomic mass is 10.0. The summed E-state index contributed by atoms with van der Waals surface area (Å²) in [6.45, 7) is -0.952. The van der Waals surface area contributed by atoms with Gasteiger partial charge in [0.15, 0.2) is 0 Å². The van der Waals surface area contributed by atoms with Gasteiger partial charge in [0, 0.05) is 23.1 Å². The van der Waals surface area contributed by atoms with E-state index in [1.165, 1.54) is 47.0 Å². The second-order valence-corrected chi connectivity index (χ2v) is 9.67. The highest BCUT2D eigenvalue weighted by molar-refractivity contribution is 7.92. The first-order valence-electron chi connectivity index (χ1n) is 10.4. The highest BCUT2D eigenvalue weighted by Gasteiger charge is 2.19. The number of fused-ring (bicyclic) bond motifs is 1. The lowest BCUT2D eigenvalue weighted by molar-refractivity contribution is 0.0819. The Bertz CT molecular complexity index is 1590. The molecule has 4 aromatic rings. The molecule has 7 nitrogen and oxygen atoms in total. The van der Waals surface area contributed by atoms with Crippen LogP contribution in [0.1, 0.15) is 10.5 Å². The molecule has 4 rings (SSSR count). The Kier molecular flexibility index (Phi) is 6.63. The maximum Gasteiger partial charge on any atom is 0.272 e. The number of halogens is 4. The minimum absolute atomic E-state index is 0.0157. The van der Waals surface area contributed by atoms with Crippen LogP contribution in [0.15, 0.2) is 60.7 Å². The van der Waals surface area contributed by atoms with E-state index in [1.807, 2.05) is 0 Å². The lowest BCUT2D eigenvalue weighted by Gasteiger charge is -2.15. The van der Waals surface area contributed by atoms with E-state index >= 15 is 0 Å². The number of rotatable bonds is 8. The number of ether oxygens (including phenoxy) is 1. The van der Waals surface area contributed by atoms with Gasteiger partial charge in [0.1, 0.15) is 29.7 Å². The summed E-state index contributed by atoms with van der Waals surface area (Å²) in [5, 5.41) is 0.510. The Morgan fingerprint density at radius 3 is 2.44 bits per heavy atom. The molecule has 3 N–H and O–H groups in total. The third-order valence-electron chi connectivity index (χ3n) is 5.13. The number of carbonyl (C=O) groups excluding carboxylic acids is 1. The molecule has 188 valence electrons. The van der Waals surface area contributed by atoms with Crippen molar-refractivity contribution in [3.63, 3.8) is 0 Å². The molecule has 0 saturated carbocycles. The van der Waals surface area contributed by atoms with Crippen LogP contribution in [0, 0.1) is 11.6 Å². The van der Waals surface area contributed by atoms with E-state index in [1.54, 1.807) is 6.07 Å². The first-order valence-corrected chi connectivity index (χ1v) is 12.3. The van der Waals surface area contributed by atoms with Crippen LogP contribution in [0.5, 0.6) is 5.75 Å². The zero-order valence-corrected chi connectivity index (χ0v) is 19.5. The van der Waals surface area contributed by atoms with Crippen molar-refractivity contribution in [3.05, 3.63) is 78.0 Å². The molecule has 0 fully saturated rings. The number of hydrogen-bond acceptors (Lipinski definition) is 4. The van der Waals surface area contributed by atoms with Gasteiger partial charge in [-0.05, 0) is 48.0 Å². The molecule has 36 heavy (non-hydrogen) atoms. The number of anilines is 1. The third kappa shape index (κ3) is 5.43. The van der Waals surface area contributed by atoms with Gasteiger partial charge in [-0.1, -0.05) is 6.07 Å². The highest BCUT2D eigenvalue weighted by Crippen LogP contribution is 2.34. The molecule has 0 aliphatic heterocycles. The second-order valence-electron chi connectivity index (χ2n) is 7.92. The van der Waals surface area contributed by atoms with E-state index in [2.05, 4.69) is 4.72 Å². The third-order valence-corrected chi connectivity index (χ3v) is 5.73. The average molecular weight is 521 g/mol. The fraction of sp³-hybridized carbons (Fsp3) is 0.125. The van der Waals surface area contributed by atoms with Crippen LogP contribution in [0.4, 0.5) is 23.2 Å². The molecule has 0 bridgehead atoms. The number of nitrogens with zero attached hydrogens (tertiary/aromatic N) is 1. The fourth-order valence-electron chi connectivity index (χ4n) is 3.77. The predicted molar refractivity (Wildman–Crippen MR) is 127 cm³/mol. The van der Waals surface area contributed by atoms with Gasteiger partial charge in [0.2, 0.25) is 10.0 Å². The molecule has 1 amide bonds. The molecule has 0 spiro atoms. The normalized spacial score (nSPS) is 11.7. The Morgan fingerprint density at radius 2 is 1.81 bits per heavy atom. The summed E-state index contributed by atoms with van der Waals surface area (Å²) in [5.74, 6) is -2.62. The Hall–Kier alpha value is -4.06. The number of alkyl halides is 2. The van der Waals surface area contributed by atoms with Gasteiger partial charge < -0.3 is 15.0 Å². The molecule has 0 aliphatic carbocycles. The van der Waals surface area contributed by atoms with Crippen molar-refractivity contribution in [3.8, 4) is 22.6 Å². The molecule has 3 aromatic carbocycles. The molecule has 0 saturated heterocycles. The first-order chi connectivity index (χ1) is 16.9. The SMILES string of the molecule is CS(=O)(=O)Nc1ccc2cc(C(N)=O)n(-c3cc(OCC(F)F)cc(-c4ccc(F)cc4F)c3)c2c1. The minimum atomic E-state index is -3.62. The summed E-state index contributed by atoms with van der Waals surface area (Å²) >= 11 is 0. The molecule has 0 atom stereocenters. The largest absolute Gasteiger partial charge is 0.488 e. The van der Waals surface area contributed by atoms with Gasteiger partial charge in [-0.2, -0.15) is 0 Å². The van der Waals surface area contributed by atoms with Gasteiger partial charge in [0.25, 0.3) is 12.3 Å². The number of carbonyl (C=O) groups is 1. The van der Waals surface area contributed by atoms with E-state index < -0.39 is 40.6 Å². The number of sulfonamides is 1. The molecule has 1 heterocycles. The van der Waals surface area contributed by atoms with Crippen LogP contribution < -0.4 is 15.2 Å². The molecule has 12 heteroatoms. The van der Waals surface area contributed by atoms with E-state index in [9.17, 15) is 30.8 Å². The van der Waals surface area contributed by atoms with Crippen molar-refractivity contribution in [2.24, 2.45) is 5.73 Å². The van der Waals surface area contributed by atoms with Crippen LogP contribution in [0.25, 0.3) is 27.7 Å². The predicted octanol–water partition coefficient (Wildman–Crippen LogP) is 4.69. The van der Waals surface area contributed by atoms with Crippen molar-refractivity contribution < 1.29 is 35.5 Å². The monoisotopic (exact) mass is 521 g/mol. The summed E-state index contributed by atoms with van der Waals surface area (Å²) < 4.78 is 86.0. The van der Waals surface area contributed by atoms with Crippen LogP contribution in [-0.4, -0.2) is 38.2 Å². The van der Waals surface area contributed by atoms with Crippen molar-refractivity contribution in [2.45, 2.75) is 6.43 Å². The number of benzene rings is 3. The van der Waals surface area contributed by atoms with Crippen molar-refractivity contribution in [2.75, 3.05) is 17.6 Å². The maximum atomic E-state index is 14.6. The van der Waals surface area contributed by atoms with Gasteiger partial charge in [-0.25, -0.2) is 26.0 Å². The molecular weight excluding hydrogens is 502 g/mol. The van der Waals surface area contributed by atoms with Crippen molar-refractivity contribution in [1.82, 2.24) is 4.57 Å². The van der Waals surface area contributed by atoms with Gasteiger partial charge in [-0.15, -0.1) is 0 Å². The number of primary amides is 1. The van der Waals surface area contributed by atoms with E-state index in [0.717, 1.165) is 12.3 Å². The van der Waals surface area contributed by atoms with Gasteiger partial charge in [-0.3, -0.25) is 9.52 Å². The van der Waals surface area contributed by atoms with Gasteiger partial charge >= 0.3 is 0 Å². The van der Waals surface area contributed by atoms with Crippen LogP contribution in [0.3, 0.4) is 0 Å². The minimum Gasteiger partial charge on any atom is -0.488 e. The van der Waals surface area contributed by atoms with Crippen molar-refractivity contribution in [1.29, 1.82) is 0 Å². The fourth-order valence-corrected chi connectivity index (χ4v) is 4.33. The number of amides is 1. The van der Waals surface area contributed by atoms with Crippen LogP contribution >= 0.6 is 0 Å². The molecular formula is C24H19F4N3O4S. The van der Waals surface area contributed by atoms with Crippen molar-refractivity contribution >= 4 is 32.5 Å². The molecule has 0 radical (unpaired) electrons. The summed E-state index contributed by atoms with van der Waals surface area (Å²) in [6.07, 6.45) is -1.82. The topological polar surface area (TPSA) is 103 Å². The Balaban J connectivity index is 1.98. The summed E-state index contributed by atoms with van der Waals surface area (Å²) in [5.41, 5.74) is 6.38. The van der Waals surface area contributed by atoms with E-state index in [4.69, 9.17) is 10.5 Å². The standard InChI is InChI=1S/C24H19F4N3O4S/c1-36(33,34)30-16-4-2-13-8-22(24(29)32)31(21(13)10-16)17-6-14(7-18(11-17)35-12-23(27)28)19-5-3-15(25)9-20(19)26/h2-11,23,30H,12H2,1H3,(H2,29,32). The zero-order chi connectivity index (χ0) is 26.2. The van der Waals surface area contributed by atoms with Crippen LogP contribution in [-0.2, 0) is 10.0 Å². The van der Waals surface area contributed by atoms with Crippen LogP contribution in [0.2, 0.25) is 0 Å². The Labute approximate surface area is 203 Å². The summed E-state index contributed by atoms with van der Waals surface area (Å²) in [6, 6.07) is 12.9. The molecule has 0 aliphatic rings. The molecule has 1 aromatic heterocycles. The number of aromatic nitrogens is 1. The zero-order valence-electron chi connectivity index (χ0n) is 18.6. The molecule has 0 unspecified atom stereocenters. The quantitative estimate of drug-likeness (QED) is 0.329. The number of nitrogens with two attached hydrogens (primary N) is 1. The number of nitrogens with one attached hydrogen (secondary N) is 1.